The van der Waals surface area contributed by atoms with E-state index in [1.807, 2.05) is 36.5 Å². The predicted octanol–water partition coefficient (Wildman–Crippen LogP) is 7.21. The second-order valence-electron chi connectivity index (χ2n) is 8.97. The molecule has 4 heteroatoms. The summed E-state index contributed by atoms with van der Waals surface area (Å²) in [4.78, 5) is 9.07. The van der Waals surface area contributed by atoms with Gasteiger partial charge in [0.25, 0.3) is 0 Å². The van der Waals surface area contributed by atoms with Crippen molar-refractivity contribution in [3.8, 4) is 0 Å². The summed E-state index contributed by atoms with van der Waals surface area (Å²) in [6, 6.07) is 24.0. The van der Waals surface area contributed by atoms with Gasteiger partial charge in [0.1, 0.15) is 5.82 Å². The molecule has 1 aliphatic heterocycles. The number of likely N-dealkylation sites (tertiary alicyclic amines) is 1. The van der Waals surface area contributed by atoms with E-state index in [1.54, 1.807) is 0 Å². The molecule has 0 amide bonds. The Morgan fingerprint density at radius 2 is 1.68 bits per heavy atom. The molecule has 0 radical (unpaired) electrons. The van der Waals surface area contributed by atoms with Crippen LogP contribution in [0.25, 0.3) is 5.57 Å². The van der Waals surface area contributed by atoms with Gasteiger partial charge in [0.15, 0.2) is 0 Å². The maximum Gasteiger partial charge on any atom is 0.123 e. The van der Waals surface area contributed by atoms with Crippen LogP contribution >= 0.6 is 0 Å². The Hall–Kier alpha value is -2.98. The van der Waals surface area contributed by atoms with Crippen LogP contribution in [0.5, 0.6) is 0 Å². The third-order valence-corrected chi connectivity index (χ3v) is 6.40. The van der Waals surface area contributed by atoms with Crippen LogP contribution in [0.2, 0.25) is 0 Å². The summed E-state index contributed by atoms with van der Waals surface area (Å²) in [5, 5.41) is 0. The molecule has 3 aromatic rings. The van der Waals surface area contributed by atoms with E-state index in [1.165, 1.54) is 29.7 Å². The lowest BCUT2D eigenvalue weighted by Gasteiger charge is -2.38. The highest BCUT2D eigenvalue weighted by Gasteiger charge is 2.22. The molecule has 1 aromatic heterocycles. The lowest BCUT2D eigenvalue weighted by Crippen LogP contribution is -2.43. The maximum atomic E-state index is 13.0. The van der Waals surface area contributed by atoms with Crippen molar-refractivity contribution in [3.63, 3.8) is 0 Å². The Morgan fingerprint density at radius 1 is 1.00 bits per heavy atom. The van der Waals surface area contributed by atoms with Gasteiger partial charge in [-0.2, -0.15) is 0 Å². The molecule has 0 bridgehead atoms. The highest BCUT2D eigenvalue weighted by atomic mass is 19.1. The maximum absolute atomic E-state index is 13.0. The van der Waals surface area contributed by atoms with Crippen LogP contribution in [-0.2, 0) is 6.54 Å². The Bertz CT molecular complexity index is 979. The van der Waals surface area contributed by atoms with Crippen LogP contribution in [0.15, 0.2) is 85.1 Å². The first-order valence-corrected chi connectivity index (χ1v) is 12.4. The van der Waals surface area contributed by atoms with Crippen molar-refractivity contribution in [2.75, 3.05) is 25.0 Å². The zero-order valence-electron chi connectivity index (χ0n) is 20.8. The highest BCUT2D eigenvalue weighted by Crippen LogP contribution is 2.23. The highest BCUT2D eigenvalue weighted by molar-refractivity contribution is 5.59. The molecule has 180 valence electrons. The third kappa shape index (κ3) is 8.11. The molecule has 0 aliphatic carbocycles. The zero-order valence-corrected chi connectivity index (χ0v) is 20.8. The minimum atomic E-state index is -0.171. The molecule has 2 aromatic carbocycles. The first-order valence-electron chi connectivity index (χ1n) is 12.4. The van der Waals surface area contributed by atoms with Crippen molar-refractivity contribution in [2.45, 2.75) is 52.1 Å². The SMILES string of the molecule is CCC/C=C(\C)c1ccccn1.CN(c1ccc(F)cc1)C1CCN(Cc2ccccc2)CC1. The lowest BCUT2D eigenvalue weighted by molar-refractivity contribution is 0.203. The summed E-state index contributed by atoms with van der Waals surface area (Å²) in [6.45, 7) is 7.56. The number of hydrogen-bond acceptors (Lipinski definition) is 3. The molecular formula is C30H38FN3. The number of halogens is 1. The second kappa shape index (κ2) is 13.7. The smallest absolute Gasteiger partial charge is 0.123 e. The van der Waals surface area contributed by atoms with Gasteiger partial charge >= 0.3 is 0 Å². The van der Waals surface area contributed by atoms with Gasteiger partial charge in [-0.25, -0.2) is 4.39 Å². The van der Waals surface area contributed by atoms with E-state index in [-0.39, 0.29) is 5.82 Å². The Morgan fingerprint density at radius 3 is 2.29 bits per heavy atom. The minimum Gasteiger partial charge on any atom is -0.372 e. The van der Waals surface area contributed by atoms with Crippen molar-refractivity contribution < 1.29 is 4.39 Å². The van der Waals surface area contributed by atoms with E-state index >= 15 is 0 Å². The Balaban J connectivity index is 0.000000229. The van der Waals surface area contributed by atoms with Crippen LogP contribution in [0.4, 0.5) is 10.1 Å². The fraction of sp³-hybridized carbons (Fsp3) is 0.367. The van der Waals surface area contributed by atoms with Gasteiger partial charge in [0, 0.05) is 44.6 Å². The van der Waals surface area contributed by atoms with Crippen LogP contribution in [0, 0.1) is 5.82 Å². The van der Waals surface area contributed by atoms with E-state index in [4.69, 9.17) is 0 Å². The lowest BCUT2D eigenvalue weighted by atomic mass is 10.0. The number of benzene rings is 2. The van der Waals surface area contributed by atoms with Crippen LogP contribution in [0.1, 0.15) is 50.8 Å². The van der Waals surface area contributed by atoms with Crippen molar-refractivity contribution in [2.24, 2.45) is 0 Å². The molecule has 0 saturated carbocycles. The molecule has 2 heterocycles. The number of allylic oxidation sites excluding steroid dienone is 2. The first-order chi connectivity index (χ1) is 16.6. The number of unbranched alkanes of at least 4 members (excludes halogenated alkanes) is 1. The number of pyridine rings is 1. The van der Waals surface area contributed by atoms with Crippen molar-refractivity contribution >= 4 is 11.3 Å². The standard InChI is InChI=1S/C19H23FN2.C11H15N/c1-21(18-9-7-17(20)8-10-18)19-11-13-22(14-12-19)15-16-5-3-2-4-6-16;1-3-4-7-10(2)11-8-5-6-9-12-11/h2-10,19H,11-15H2,1H3;5-9H,3-4H2,1-2H3/b;10-7+. The van der Waals surface area contributed by atoms with Gasteiger partial charge in [-0.1, -0.05) is 55.8 Å². The zero-order chi connectivity index (χ0) is 24.2. The predicted molar refractivity (Wildman–Crippen MR) is 142 cm³/mol. The summed E-state index contributed by atoms with van der Waals surface area (Å²) in [7, 11) is 2.12. The van der Waals surface area contributed by atoms with Gasteiger partial charge in [0.2, 0.25) is 0 Å². The third-order valence-electron chi connectivity index (χ3n) is 6.40. The van der Waals surface area contributed by atoms with E-state index in [2.05, 4.69) is 72.1 Å². The van der Waals surface area contributed by atoms with Gasteiger partial charge in [0.05, 0.1) is 5.69 Å². The van der Waals surface area contributed by atoms with Gasteiger partial charge in [-0.05, 0) is 73.7 Å². The largest absolute Gasteiger partial charge is 0.372 e. The number of aromatic nitrogens is 1. The summed E-state index contributed by atoms with van der Waals surface area (Å²) in [5.41, 5.74) is 4.85. The second-order valence-corrected chi connectivity index (χ2v) is 8.97. The minimum absolute atomic E-state index is 0.171. The van der Waals surface area contributed by atoms with E-state index in [0.29, 0.717) is 6.04 Å². The van der Waals surface area contributed by atoms with Crippen LogP contribution in [-0.4, -0.2) is 36.1 Å². The molecule has 0 unspecified atom stereocenters. The molecule has 0 atom stereocenters. The molecule has 0 spiro atoms. The van der Waals surface area contributed by atoms with Crippen molar-refractivity contribution in [1.29, 1.82) is 0 Å². The molecule has 1 fully saturated rings. The summed E-state index contributed by atoms with van der Waals surface area (Å²) in [6.07, 6.45) is 8.72. The number of anilines is 1. The average Bonchev–Trinajstić information content (AvgIpc) is 2.89. The molecule has 1 aliphatic rings. The van der Waals surface area contributed by atoms with Crippen molar-refractivity contribution in [3.05, 3.63) is 102 Å². The molecule has 0 N–H and O–H groups in total. The van der Waals surface area contributed by atoms with E-state index < -0.39 is 0 Å². The van der Waals surface area contributed by atoms with E-state index in [9.17, 15) is 4.39 Å². The molecule has 1 saturated heterocycles. The van der Waals surface area contributed by atoms with Gasteiger partial charge in [-0.15, -0.1) is 0 Å². The van der Waals surface area contributed by atoms with Crippen molar-refractivity contribution in [1.82, 2.24) is 9.88 Å². The molecule has 4 rings (SSSR count). The van der Waals surface area contributed by atoms with Gasteiger partial charge in [-0.3, -0.25) is 9.88 Å². The summed E-state index contributed by atoms with van der Waals surface area (Å²) < 4.78 is 13.0. The summed E-state index contributed by atoms with van der Waals surface area (Å²) in [5.74, 6) is -0.171. The first kappa shape index (κ1) is 25.6. The van der Waals surface area contributed by atoms with Crippen LogP contribution in [0.3, 0.4) is 0 Å². The monoisotopic (exact) mass is 459 g/mol. The Labute approximate surface area is 205 Å². The number of piperidine rings is 1. The molecular weight excluding hydrogens is 421 g/mol. The average molecular weight is 460 g/mol. The quantitative estimate of drug-likeness (QED) is 0.372. The topological polar surface area (TPSA) is 19.4 Å². The molecule has 3 nitrogen and oxygen atoms in total. The summed E-state index contributed by atoms with van der Waals surface area (Å²) >= 11 is 0. The number of nitrogens with zero attached hydrogens (tertiary/aromatic N) is 3. The number of hydrogen-bond donors (Lipinski definition) is 0. The number of rotatable bonds is 7. The van der Waals surface area contributed by atoms with Gasteiger partial charge < -0.3 is 4.90 Å². The fourth-order valence-electron chi connectivity index (χ4n) is 4.25. The Kier molecular flexibility index (Phi) is 10.3. The molecule has 34 heavy (non-hydrogen) atoms. The fourth-order valence-corrected chi connectivity index (χ4v) is 4.25. The van der Waals surface area contributed by atoms with Crippen LogP contribution < -0.4 is 4.90 Å². The van der Waals surface area contributed by atoms with E-state index in [0.717, 1.165) is 50.3 Å². The normalized spacial score (nSPS) is 14.9.